The van der Waals surface area contributed by atoms with E-state index in [1.54, 1.807) is 6.07 Å². The minimum Gasteiger partial charge on any atom is -0.505 e. The van der Waals surface area contributed by atoms with Gasteiger partial charge >= 0.3 is 0 Å². The van der Waals surface area contributed by atoms with Crippen molar-refractivity contribution in [3.05, 3.63) is 24.0 Å². The molecule has 0 aliphatic carbocycles. The Morgan fingerprint density at radius 2 is 2.05 bits per heavy atom. The van der Waals surface area contributed by atoms with Crippen molar-refractivity contribution in [2.24, 2.45) is 0 Å². The van der Waals surface area contributed by atoms with E-state index in [0.29, 0.717) is 0 Å². The number of amides is 2. The first-order chi connectivity index (χ1) is 9.68. The Bertz CT molecular complexity index is 484. The van der Waals surface area contributed by atoms with Crippen LogP contribution >= 0.6 is 0 Å². The number of piperidine rings is 1. The van der Waals surface area contributed by atoms with E-state index < -0.39 is 5.91 Å². The quantitative estimate of drug-likeness (QED) is 0.857. The van der Waals surface area contributed by atoms with Crippen LogP contribution in [0.2, 0.25) is 0 Å². The van der Waals surface area contributed by atoms with Crippen molar-refractivity contribution in [2.75, 3.05) is 19.6 Å². The molecule has 0 saturated carbocycles. The number of nitrogens with one attached hydrogen (secondary N) is 1. The molecule has 108 valence electrons. The van der Waals surface area contributed by atoms with E-state index in [9.17, 15) is 14.7 Å². The van der Waals surface area contributed by atoms with Crippen LogP contribution in [0.5, 0.6) is 5.75 Å². The van der Waals surface area contributed by atoms with Gasteiger partial charge in [-0.2, -0.15) is 0 Å². The van der Waals surface area contributed by atoms with E-state index in [1.165, 1.54) is 18.7 Å². The van der Waals surface area contributed by atoms with Crippen molar-refractivity contribution in [3.63, 3.8) is 0 Å². The number of pyridine rings is 1. The van der Waals surface area contributed by atoms with Crippen LogP contribution in [0.3, 0.4) is 0 Å². The molecule has 2 rings (SSSR count). The van der Waals surface area contributed by atoms with Gasteiger partial charge in [0.25, 0.3) is 5.91 Å². The molecule has 0 aromatic carbocycles. The summed E-state index contributed by atoms with van der Waals surface area (Å²) in [5.41, 5.74) is -0.0158. The van der Waals surface area contributed by atoms with Crippen LogP contribution in [0.4, 0.5) is 0 Å². The molecule has 2 amide bonds. The molecule has 1 aromatic rings. The average Bonchev–Trinajstić information content (AvgIpc) is 2.48. The predicted molar refractivity (Wildman–Crippen MR) is 73.3 cm³/mol. The number of rotatable bonds is 4. The fourth-order valence-corrected chi connectivity index (χ4v) is 2.24. The van der Waals surface area contributed by atoms with Crippen molar-refractivity contribution in [2.45, 2.75) is 25.7 Å². The predicted octanol–water partition coefficient (Wildman–Crippen LogP) is 0.920. The maximum atomic E-state index is 11.9. The van der Waals surface area contributed by atoms with Gasteiger partial charge in [0.15, 0.2) is 5.69 Å². The van der Waals surface area contributed by atoms with Crippen molar-refractivity contribution < 1.29 is 14.7 Å². The number of carbonyl (C=O) groups excluding carboxylic acids is 2. The molecule has 1 saturated heterocycles. The topological polar surface area (TPSA) is 82.5 Å². The second-order valence-electron chi connectivity index (χ2n) is 4.82. The first-order valence-electron chi connectivity index (χ1n) is 6.88. The Morgan fingerprint density at radius 3 is 2.75 bits per heavy atom. The van der Waals surface area contributed by atoms with E-state index in [4.69, 9.17) is 0 Å². The summed E-state index contributed by atoms with van der Waals surface area (Å²) in [6.45, 7) is 1.88. The Balaban J connectivity index is 1.76. The minimum atomic E-state index is -0.463. The highest BCUT2D eigenvalue weighted by atomic mass is 16.3. The molecular weight excluding hydrogens is 258 g/mol. The van der Waals surface area contributed by atoms with Gasteiger partial charge in [0.1, 0.15) is 5.75 Å². The molecule has 6 nitrogen and oxygen atoms in total. The van der Waals surface area contributed by atoms with Crippen LogP contribution in [0, 0.1) is 0 Å². The maximum absolute atomic E-state index is 11.9. The third kappa shape index (κ3) is 3.69. The number of aromatic nitrogens is 1. The van der Waals surface area contributed by atoms with Gasteiger partial charge in [-0.25, -0.2) is 4.98 Å². The molecule has 0 bridgehead atoms. The number of carbonyl (C=O) groups is 2. The fourth-order valence-electron chi connectivity index (χ4n) is 2.24. The molecule has 0 unspecified atom stereocenters. The maximum Gasteiger partial charge on any atom is 0.273 e. The van der Waals surface area contributed by atoms with Crippen molar-refractivity contribution in [1.29, 1.82) is 0 Å². The Kier molecular flexibility index (Phi) is 4.92. The Hall–Kier alpha value is -2.11. The summed E-state index contributed by atoms with van der Waals surface area (Å²) in [7, 11) is 0. The van der Waals surface area contributed by atoms with Gasteiger partial charge in [0, 0.05) is 32.3 Å². The SMILES string of the molecule is O=C(NCCC(=O)N1CCCCC1)c1ncccc1O. The molecule has 0 spiro atoms. The first-order valence-corrected chi connectivity index (χ1v) is 6.88. The molecule has 1 aliphatic rings. The number of nitrogens with zero attached hydrogens (tertiary/aromatic N) is 2. The lowest BCUT2D eigenvalue weighted by molar-refractivity contribution is -0.131. The largest absolute Gasteiger partial charge is 0.505 e. The molecule has 6 heteroatoms. The summed E-state index contributed by atoms with van der Waals surface area (Å²) in [5, 5.41) is 12.1. The highest BCUT2D eigenvalue weighted by molar-refractivity contribution is 5.94. The smallest absolute Gasteiger partial charge is 0.273 e. The lowest BCUT2D eigenvalue weighted by atomic mass is 10.1. The zero-order chi connectivity index (χ0) is 14.4. The molecule has 20 heavy (non-hydrogen) atoms. The third-order valence-electron chi connectivity index (χ3n) is 3.33. The van der Waals surface area contributed by atoms with Crippen LogP contribution in [0.25, 0.3) is 0 Å². The van der Waals surface area contributed by atoms with Gasteiger partial charge in [-0.3, -0.25) is 9.59 Å². The van der Waals surface area contributed by atoms with Crippen molar-refractivity contribution in [3.8, 4) is 5.75 Å². The molecular formula is C14H19N3O3. The molecule has 1 aromatic heterocycles. The summed E-state index contributed by atoms with van der Waals surface area (Å²) in [6, 6.07) is 2.95. The zero-order valence-electron chi connectivity index (χ0n) is 11.3. The number of likely N-dealkylation sites (tertiary alicyclic amines) is 1. The summed E-state index contributed by atoms with van der Waals surface area (Å²) in [6.07, 6.45) is 5.01. The second kappa shape index (κ2) is 6.88. The van der Waals surface area contributed by atoms with Crippen molar-refractivity contribution >= 4 is 11.8 Å². The van der Waals surface area contributed by atoms with E-state index in [1.807, 2.05) is 4.90 Å². The Labute approximate surface area is 117 Å². The minimum absolute atomic E-state index is 0.0158. The lowest BCUT2D eigenvalue weighted by Crippen LogP contribution is -2.37. The van der Waals surface area contributed by atoms with Gasteiger partial charge in [0.2, 0.25) is 5.91 Å². The molecule has 0 radical (unpaired) electrons. The number of aromatic hydroxyl groups is 1. The highest BCUT2D eigenvalue weighted by Gasteiger charge is 2.17. The molecule has 1 fully saturated rings. The number of hydrogen-bond donors (Lipinski definition) is 2. The fraction of sp³-hybridized carbons (Fsp3) is 0.500. The van der Waals surface area contributed by atoms with Gasteiger partial charge in [0.05, 0.1) is 0 Å². The standard InChI is InChI=1S/C14H19N3O3/c18-11-5-4-7-15-13(11)14(20)16-8-6-12(19)17-9-2-1-3-10-17/h4-5,7,18H,1-3,6,8-10H2,(H,16,20). The van der Waals surface area contributed by atoms with Crippen LogP contribution in [-0.2, 0) is 4.79 Å². The zero-order valence-corrected chi connectivity index (χ0v) is 11.3. The summed E-state index contributed by atoms with van der Waals surface area (Å²) in [4.78, 5) is 29.3. The van der Waals surface area contributed by atoms with E-state index in [2.05, 4.69) is 10.3 Å². The highest BCUT2D eigenvalue weighted by Crippen LogP contribution is 2.12. The van der Waals surface area contributed by atoms with Crippen LogP contribution in [0.15, 0.2) is 18.3 Å². The van der Waals surface area contributed by atoms with Crippen LogP contribution < -0.4 is 5.32 Å². The lowest BCUT2D eigenvalue weighted by Gasteiger charge is -2.26. The monoisotopic (exact) mass is 277 g/mol. The Morgan fingerprint density at radius 1 is 1.30 bits per heavy atom. The molecule has 2 heterocycles. The second-order valence-corrected chi connectivity index (χ2v) is 4.82. The summed E-state index contributed by atoms with van der Waals surface area (Å²) in [5.74, 6) is -0.558. The normalized spacial score (nSPS) is 14.9. The summed E-state index contributed by atoms with van der Waals surface area (Å²) < 4.78 is 0. The van der Waals surface area contributed by atoms with Gasteiger partial charge in [-0.15, -0.1) is 0 Å². The average molecular weight is 277 g/mol. The third-order valence-corrected chi connectivity index (χ3v) is 3.33. The van der Waals surface area contributed by atoms with E-state index in [-0.39, 0.29) is 30.3 Å². The van der Waals surface area contributed by atoms with Crippen LogP contribution in [-0.4, -0.2) is 46.4 Å². The van der Waals surface area contributed by atoms with E-state index in [0.717, 1.165) is 25.9 Å². The van der Waals surface area contributed by atoms with Gasteiger partial charge in [-0.1, -0.05) is 0 Å². The summed E-state index contributed by atoms with van der Waals surface area (Å²) >= 11 is 0. The first kappa shape index (κ1) is 14.3. The molecule has 2 N–H and O–H groups in total. The van der Waals surface area contributed by atoms with Crippen molar-refractivity contribution in [1.82, 2.24) is 15.2 Å². The molecule has 1 aliphatic heterocycles. The van der Waals surface area contributed by atoms with E-state index >= 15 is 0 Å². The molecule has 0 atom stereocenters. The van der Waals surface area contributed by atoms with Crippen LogP contribution in [0.1, 0.15) is 36.2 Å². The van der Waals surface area contributed by atoms with Gasteiger partial charge < -0.3 is 15.3 Å². The van der Waals surface area contributed by atoms with Gasteiger partial charge in [-0.05, 0) is 31.4 Å². The number of hydrogen-bond acceptors (Lipinski definition) is 4.